The van der Waals surface area contributed by atoms with Gasteiger partial charge in [-0.15, -0.1) is 0 Å². The average Bonchev–Trinajstić information content (AvgIpc) is 2.94. The highest BCUT2D eigenvalue weighted by molar-refractivity contribution is 9.10. The lowest BCUT2D eigenvalue weighted by molar-refractivity contribution is -0.140. The third kappa shape index (κ3) is 9.33. The molecule has 3 rings (SSSR count). The van der Waals surface area contributed by atoms with Gasteiger partial charge in [0, 0.05) is 24.0 Å². The Morgan fingerprint density at radius 3 is 2.29 bits per heavy atom. The number of carbonyl (C=O) groups is 2. The van der Waals surface area contributed by atoms with Crippen LogP contribution in [0, 0.1) is 6.92 Å². The largest absolute Gasteiger partial charge is 0.495 e. The lowest BCUT2D eigenvalue weighted by Gasteiger charge is -2.33. The van der Waals surface area contributed by atoms with Gasteiger partial charge in [-0.2, -0.15) is 0 Å². The van der Waals surface area contributed by atoms with Gasteiger partial charge < -0.3 is 15.0 Å². The minimum atomic E-state index is -3.90. The Labute approximate surface area is 251 Å². The number of methoxy groups -OCH3 is 1. The monoisotopic (exact) mass is 643 g/mol. The van der Waals surface area contributed by atoms with E-state index in [-0.39, 0.29) is 24.6 Å². The lowest BCUT2D eigenvalue weighted by Crippen LogP contribution is -2.53. The fourth-order valence-corrected chi connectivity index (χ4v) is 5.55. The number of benzene rings is 3. The molecule has 0 saturated heterocycles. The van der Waals surface area contributed by atoms with Crippen molar-refractivity contribution in [2.75, 3.05) is 30.8 Å². The second-order valence-electron chi connectivity index (χ2n) is 9.94. The van der Waals surface area contributed by atoms with Gasteiger partial charge in [0.2, 0.25) is 21.8 Å². The number of hydrogen-bond acceptors (Lipinski definition) is 5. The molecule has 0 aliphatic carbocycles. The molecule has 0 heterocycles. The van der Waals surface area contributed by atoms with Crippen molar-refractivity contribution in [2.24, 2.45) is 0 Å². The number of nitrogens with zero attached hydrogens (tertiary/aromatic N) is 2. The summed E-state index contributed by atoms with van der Waals surface area (Å²) in [5.74, 6) is -0.466. The zero-order chi connectivity index (χ0) is 30.0. The molecule has 10 heteroatoms. The maximum absolute atomic E-state index is 14.2. The van der Waals surface area contributed by atoms with E-state index in [4.69, 9.17) is 4.74 Å². The third-order valence-electron chi connectivity index (χ3n) is 6.65. The van der Waals surface area contributed by atoms with E-state index in [9.17, 15) is 18.0 Å². The maximum atomic E-state index is 14.2. The molecule has 0 aromatic heterocycles. The summed E-state index contributed by atoms with van der Waals surface area (Å²) >= 11 is 3.44. The molecule has 0 aliphatic rings. The number of aryl methyl sites for hydroxylation is 1. The van der Waals surface area contributed by atoms with Crippen molar-refractivity contribution in [1.82, 2.24) is 10.2 Å². The first-order valence-electron chi connectivity index (χ1n) is 13.5. The highest BCUT2D eigenvalue weighted by Crippen LogP contribution is 2.31. The number of sulfonamides is 1. The van der Waals surface area contributed by atoms with Gasteiger partial charge in [-0.25, -0.2) is 8.42 Å². The van der Waals surface area contributed by atoms with Gasteiger partial charge in [0.15, 0.2) is 0 Å². The molecular weight excluding hydrogens is 606 g/mol. The van der Waals surface area contributed by atoms with Crippen molar-refractivity contribution < 1.29 is 22.7 Å². The van der Waals surface area contributed by atoms with Gasteiger partial charge >= 0.3 is 0 Å². The number of carbonyl (C=O) groups excluding carboxylic acids is 2. The average molecular weight is 645 g/mol. The first-order chi connectivity index (χ1) is 19.5. The molecule has 0 bridgehead atoms. The molecular formula is C31H38BrN3O5S. The van der Waals surface area contributed by atoms with Crippen molar-refractivity contribution in [1.29, 1.82) is 0 Å². The number of halogens is 1. The van der Waals surface area contributed by atoms with E-state index in [1.54, 1.807) is 18.2 Å². The number of amides is 2. The highest BCUT2D eigenvalue weighted by atomic mass is 79.9. The molecule has 0 aliphatic heterocycles. The predicted molar refractivity (Wildman–Crippen MR) is 166 cm³/mol. The van der Waals surface area contributed by atoms with Crippen LogP contribution in [0.5, 0.6) is 5.75 Å². The molecule has 1 atom stereocenters. The highest BCUT2D eigenvalue weighted by Gasteiger charge is 2.33. The molecule has 0 fully saturated rings. The Bertz CT molecular complexity index is 1420. The molecule has 0 radical (unpaired) electrons. The summed E-state index contributed by atoms with van der Waals surface area (Å²) < 4.78 is 33.5. The van der Waals surface area contributed by atoms with Gasteiger partial charge in [0.1, 0.15) is 18.3 Å². The van der Waals surface area contributed by atoms with E-state index in [1.807, 2.05) is 68.4 Å². The smallest absolute Gasteiger partial charge is 0.244 e. The summed E-state index contributed by atoms with van der Waals surface area (Å²) in [4.78, 5) is 29.3. The van der Waals surface area contributed by atoms with Crippen LogP contribution in [0.2, 0.25) is 0 Å². The van der Waals surface area contributed by atoms with Crippen LogP contribution < -0.4 is 14.4 Å². The van der Waals surface area contributed by atoms with Crippen molar-refractivity contribution >= 4 is 43.5 Å². The van der Waals surface area contributed by atoms with Crippen LogP contribution in [-0.2, 0) is 32.6 Å². The van der Waals surface area contributed by atoms with E-state index < -0.39 is 28.5 Å². The van der Waals surface area contributed by atoms with Gasteiger partial charge in [-0.3, -0.25) is 13.9 Å². The molecule has 220 valence electrons. The van der Waals surface area contributed by atoms with E-state index >= 15 is 0 Å². The second-order valence-corrected chi connectivity index (χ2v) is 12.8. The Kier molecular flexibility index (Phi) is 11.8. The van der Waals surface area contributed by atoms with Crippen LogP contribution in [0.25, 0.3) is 0 Å². The quantitative estimate of drug-likeness (QED) is 0.247. The molecule has 3 aromatic carbocycles. The summed E-state index contributed by atoms with van der Waals surface area (Å²) in [5, 5.41) is 2.98. The minimum Gasteiger partial charge on any atom is -0.495 e. The molecule has 1 N–H and O–H groups in total. The van der Waals surface area contributed by atoms with Gasteiger partial charge in [0.05, 0.1) is 19.1 Å². The van der Waals surface area contributed by atoms with E-state index in [0.29, 0.717) is 12.3 Å². The van der Waals surface area contributed by atoms with Crippen molar-refractivity contribution in [3.63, 3.8) is 0 Å². The number of anilines is 1. The van der Waals surface area contributed by atoms with E-state index in [0.717, 1.165) is 44.6 Å². The first kappa shape index (κ1) is 32.1. The van der Waals surface area contributed by atoms with Crippen LogP contribution >= 0.6 is 15.9 Å². The Balaban J connectivity index is 2.07. The number of hydrogen-bond donors (Lipinski definition) is 1. The van der Waals surface area contributed by atoms with Crippen LogP contribution in [0.4, 0.5) is 5.69 Å². The summed E-state index contributed by atoms with van der Waals surface area (Å²) in [6.07, 6.45) is 3.04. The van der Waals surface area contributed by atoms with E-state index in [1.165, 1.54) is 12.0 Å². The SMILES string of the molecule is CCCCNC(=O)C(Cc1ccccc1)N(Cc1ccc(Br)cc1)C(=O)CN(c1cc(C)ccc1OC)S(C)(=O)=O. The molecule has 3 aromatic rings. The Morgan fingerprint density at radius 1 is 1.00 bits per heavy atom. The van der Waals surface area contributed by atoms with E-state index in [2.05, 4.69) is 21.2 Å². The maximum Gasteiger partial charge on any atom is 0.244 e. The minimum absolute atomic E-state index is 0.118. The van der Waals surface area contributed by atoms with Crippen LogP contribution in [0.15, 0.2) is 77.3 Å². The summed E-state index contributed by atoms with van der Waals surface area (Å²) in [5.41, 5.74) is 2.77. The van der Waals surface area contributed by atoms with Crippen molar-refractivity contribution in [3.8, 4) is 5.75 Å². The summed E-state index contributed by atoms with van der Waals surface area (Å²) in [6.45, 7) is 3.98. The van der Waals surface area contributed by atoms with Crippen LogP contribution in [-0.4, -0.2) is 57.6 Å². The first-order valence-corrected chi connectivity index (χ1v) is 16.2. The zero-order valence-corrected chi connectivity index (χ0v) is 26.4. The molecule has 8 nitrogen and oxygen atoms in total. The standard InChI is InChI=1S/C31H38BrN3O5S/c1-5-6-18-33-31(37)28(20-24-10-8-7-9-11-24)34(21-25-13-15-26(32)16-14-25)30(36)22-35(41(4,38)39)27-19-23(2)12-17-29(27)40-3/h7-17,19,28H,5-6,18,20-22H2,1-4H3,(H,33,37). The number of nitrogens with one attached hydrogen (secondary N) is 1. The van der Waals surface area contributed by atoms with Crippen LogP contribution in [0.1, 0.15) is 36.5 Å². The normalized spacial score (nSPS) is 11.9. The number of unbranched alkanes of at least 4 members (excludes halogenated alkanes) is 1. The number of rotatable bonds is 14. The fourth-order valence-electron chi connectivity index (χ4n) is 4.44. The predicted octanol–water partition coefficient (Wildman–Crippen LogP) is 5.09. The Morgan fingerprint density at radius 2 is 1.68 bits per heavy atom. The second kappa shape index (κ2) is 15.0. The lowest BCUT2D eigenvalue weighted by atomic mass is 10.0. The third-order valence-corrected chi connectivity index (χ3v) is 8.30. The van der Waals surface area contributed by atoms with Gasteiger partial charge in [-0.05, 0) is 54.3 Å². The summed E-state index contributed by atoms with van der Waals surface area (Å²) in [6, 6.07) is 21.2. The van der Waals surface area contributed by atoms with Gasteiger partial charge in [0.25, 0.3) is 0 Å². The van der Waals surface area contributed by atoms with Crippen LogP contribution in [0.3, 0.4) is 0 Å². The number of ether oxygens (including phenoxy) is 1. The Hall–Kier alpha value is -3.37. The summed E-state index contributed by atoms with van der Waals surface area (Å²) in [7, 11) is -2.45. The molecule has 2 amide bonds. The molecule has 1 unspecified atom stereocenters. The molecule has 0 saturated carbocycles. The zero-order valence-electron chi connectivity index (χ0n) is 24.0. The van der Waals surface area contributed by atoms with Gasteiger partial charge in [-0.1, -0.05) is 77.8 Å². The molecule has 41 heavy (non-hydrogen) atoms. The molecule has 0 spiro atoms. The van der Waals surface area contributed by atoms with Crippen molar-refractivity contribution in [3.05, 3.63) is 94.0 Å². The topological polar surface area (TPSA) is 96.0 Å². The fraction of sp³-hybridized carbons (Fsp3) is 0.355. The van der Waals surface area contributed by atoms with Crippen molar-refractivity contribution in [2.45, 2.75) is 45.7 Å².